The summed E-state index contributed by atoms with van der Waals surface area (Å²) in [4.78, 5) is 20.4. The van der Waals surface area contributed by atoms with Crippen LogP contribution >= 0.6 is 11.6 Å². The Labute approximate surface area is 119 Å². The predicted octanol–water partition coefficient (Wildman–Crippen LogP) is 2.67. The first-order valence-corrected chi connectivity index (χ1v) is 6.99. The number of nitrogens with zero attached hydrogens (tertiary/aromatic N) is 3. The summed E-state index contributed by atoms with van der Waals surface area (Å²) in [5, 5.41) is 0.361. The van der Waals surface area contributed by atoms with E-state index >= 15 is 0 Å². The van der Waals surface area contributed by atoms with Gasteiger partial charge in [-0.1, -0.05) is 18.5 Å². The Hall–Kier alpha value is -1.29. The molecule has 1 fully saturated rings. The van der Waals surface area contributed by atoms with Crippen LogP contribution in [0.5, 0.6) is 0 Å². The molecule has 1 aliphatic heterocycles. The highest BCUT2D eigenvalue weighted by Gasteiger charge is 2.22. The molecule has 0 saturated carbocycles. The molecule has 0 aliphatic carbocycles. The van der Waals surface area contributed by atoms with E-state index in [0.717, 1.165) is 25.9 Å². The van der Waals surface area contributed by atoms with Crippen molar-refractivity contribution in [3.8, 4) is 0 Å². The van der Waals surface area contributed by atoms with Crippen molar-refractivity contribution >= 4 is 23.3 Å². The number of hydrogen-bond donors (Lipinski definition) is 0. The highest BCUT2D eigenvalue weighted by molar-refractivity contribution is 6.29. The van der Waals surface area contributed by atoms with E-state index in [2.05, 4.69) is 11.9 Å². The minimum Gasteiger partial charge on any atom is -0.363 e. The summed E-state index contributed by atoms with van der Waals surface area (Å²) in [6.45, 7) is 3.89. The van der Waals surface area contributed by atoms with Gasteiger partial charge in [0, 0.05) is 32.7 Å². The van der Waals surface area contributed by atoms with Gasteiger partial charge in [-0.2, -0.15) is 0 Å². The van der Waals surface area contributed by atoms with Gasteiger partial charge in [-0.25, -0.2) is 4.98 Å². The van der Waals surface area contributed by atoms with Crippen LogP contribution in [0, 0.1) is 5.92 Å². The molecule has 4 nitrogen and oxygen atoms in total. The van der Waals surface area contributed by atoms with Crippen LogP contribution in [0.25, 0.3) is 0 Å². The second-order valence-corrected chi connectivity index (χ2v) is 5.79. The van der Waals surface area contributed by atoms with Crippen LogP contribution < -0.4 is 4.90 Å². The second-order valence-electron chi connectivity index (χ2n) is 5.41. The number of halogens is 1. The Morgan fingerprint density at radius 2 is 2.00 bits per heavy atom. The van der Waals surface area contributed by atoms with Crippen LogP contribution in [0.3, 0.4) is 0 Å². The van der Waals surface area contributed by atoms with E-state index in [1.807, 2.05) is 23.9 Å². The number of anilines is 1. The van der Waals surface area contributed by atoms with E-state index in [0.29, 0.717) is 22.5 Å². The molecule has 104 valence electrons. The fraction of sp³-hybridized carbons (Fsp3) is 0.571. The van der Waals surface area contributed by atoms with Gasteiger partial charge in [0.25, 0.3) is 5.91 Å². The van der Waals surface area contributed by atoms with Crippen molar-refractivity contribution in [2.24, 2.45) is 5.92 Å². The van der Waals surface area contributed by atoms with Crippen LogP contribution in [0.1, 0.15) is 30.1 Å². The quantitative estimate of drug-likeness (QED) is 0.782. The largest absolute Gasteiger partial charge is 0.363 e. The summed E-state index contributed by atoms with van der Waals surface area (Å²) < 4.78 is 0. The average molecular weight is 282 g/mol. The lowest BCUT2D eigenvalue weighted by atomic mass is 9.99. The maximum absolute atomic E-state index is 12.5. The summed E-state index contributed by atoms with van der Waals surface area (Å²) in [5.74, 6) is 1.47. The summed E-state index contributed by atoms with van der Waals surface area (Å²) >= 11 is 5.99. The number of hydrogen-bond acceptors (Lipinski definition) is 3. The number of amides is 1. The van der Waals surface area contributed by atoms with E-state index in [4.69, 9.17) is 11.6 Å². The lowest BCUT2D eigenvalue weighted by molar-refractivity contribution is 0.0697. The molecule has 0 N–H and O–H groups in total. The number of carbonyl (C=O) groups excluding carboxylic acids is 1. The number of piperidine rings is 1. The Balaban J connectivity index is 2.19. The molecule has 0 atom stereocenters. The van der Waals surface area contributed by atoms with Crippen molar-refractivity contribution in [1.29, 1.82) is 0 Å². The Morgan fingerprint density at radius 3 is 2.58 bits per heavy atom. The molecule has 1 saturated heterocycles. The van der Waals surface area contributed by atoms with Crippen molar-refractivity contribution in [3.63, 3.8) is 0 Å². The molecule has 1 amide bonds. The molecule has 1 aromatic heterocycles. The van der Waals surface area contributed by atoms with Crippen molar-refractivity contribution in [3.05, 3.63) is 22.8 Å². The molecule has 19 heavy (non-hydrogen) atoms. The minimum absolute atomic E-state index is 0.0549. The van der Waals surface area contributed by atoms with Crippen LogP contribution in [0.4, 0.5) is 5.82 Å². The van der Waals surface area contributed by atoms with E-state index in [-0.39, 0.29) is 5.91 Å². The van der Waals surface area contributed by atoms with Gasteiger partial charge in [-0.15, -0.1) is 0 Å². The molecule has 5 heteroatoms. The average Bonchev–Trinajstić information content (AvgIpc) is 2.38. The molecule has 2 heterocycles. The SMILES string of the molecule is CC1CCN(C(=O)c2cc(Cl)nc(N(C)C)c2)CC1. The minimum atomic E-state index is 0.0549. The third kappa shape index (κ3) is 3.38. The van der Waals surface area contributed by atoms with Gasteiger partial charge in [-0.05, 0) is 30.9 Å². The molecular weight excluding hydrogens is 262 g/mol. The summed E-state index contributed by atoms with van der Waals surface area (Å²) in [6, 6.07) is 3.45. The van der Waals surface area contributed by atoms with Gasteiger partial charge < -0.3 is 9.80 Å². The number of rotatable bonds is 2. The predicted molar refractivity (Wildman–Crippen MR) is 77.9 cm³/mol. The first-order chi connectivity index (χ1) is 8.97. The zero-order chi connectivity index (χ0) is 14.0. The fourth-order valence-electron chi connectivity index (χ4n) is 2.23. The molecule has 0 radical (unpaired) electrons. The molecule has 1 aliphatic rings. The van der Waals surface area contributed by atoms with Crippen molar-refractivity contribution < 1.29 is 4.79 Å². The van der Waals surface area contributed by atoms with Gasteiger partial charge >= 0.3 is 0 Å². The lowest BCUT2D eigenvalue weighted by Gasteiger charge is -2.30. The molecule has 2 rings (SSSR count). The normalized spacial score (nSPS) is 16.5. The van der Waals surface area contributed by atoms with E-state index in [1.54, 1.807) is 12.1 Å². The third-order valence-corrected chi connectivity index (χ3v) is 3.75. The maximum atomic E-state index is 12.5. The smallest absolute Gasteiger partial charge is 0.254 e. The summed E-state index contributed by atoms with van der Waals surface area (Å²) in [6.07, 6.45) is 2.15. The van der Waals surface area contributed by atoms with Gasteiger partial charge in [0.1, 0.15) is 11.0 Å². The fourth-order valence-corrected chi connectivity index (χ4v) is 2.43. The third-order valence-electron chi connectivity index (χ3n) is 3.56. The number of pyridine rings is 1. The summed E-state index contributed by atoms with van der Waals surface area (Å²) in [7, 11) is 3.77. The van der Waals surface area contributed by atoms with Gasteiger partial charge in [0.15, 0.2) is 0 Å². The van der Waals surface area contributed by atoms with Crippen LogP contribution in [0.15, 0.2) is 12.1 Å². The zero-order valence-corrected chi connectivity index (χ0v) is 12.4. The first kappa shape index (κ1) is 14.1. The van der Waals surface area contributed by atoms with E-state index in [9.17, 15) is 4.79 Å². The molecular formula is C14H20ClN3O. The highest BCUT2D eigenvalue weighted by atomic mass is 35.5. The highest BCUT2D eigenvalue weighted by Crippen LogP contribution is 2.21. The number of aromatic nitrogens is 1. The molecule has 1 aromatic rings. The Morgan fingerprint density at radius 1 is 1.37 bits per heavy atom. The van der Waals surface area contributed by atoms with Crippen LogP contribution in [-0.4, -0.2) is 43.0 Å². The number of likely N-dealkylation sites (tertiary alicyclic amines) is 1. The van der Waals surface area contributed by atoms with Crippen molar-refractivity contribution in [2.45, 2.75) is 19.8 Å². The van der Waals surface area contributed by atoms with Gasteiger partial charge in [-0.3, -0.25) is 4.79 Å². The number of carbonyl (C=O) groups is 1. The van der Waals surface area contributed by atoms with E-state index in [1.165, 1.54) is 0 Å². The van der Waals surface area contributed by atoms with Gasteiger partial charge in [0.05, 0.1) is 0 Å². The first-order valence-electron chi connectivity index (χ1n) is 6.61. The second kappa shape index (κ2) is 5.78. The van der Waals surface area contributed by atoms with Crippen LogP contribution in [-0.2, 0) is 0 Å². The maximum Gasteiger partial charge on any atom is 0.254 e. The molecule has 0 aromatic carbocycles. The molecule has 0 bridgehead atoms. The Bertz CT molecular complexity index is 468. The molecule has 0 unspecified atom stereocenters. The topological polar surface area (TPSA) is 36.4 Å². The Kier molecular flexibility index (Phi) is 4.30. The van der Waals surface area contributed by atoms with E-state index < -0.39 is 0 Å². The van der Waals surface area contributed by atoms with Gasteiger partial charge in [0.2, 0.25) is 0 Å². The van der Waals surface area contributed by atoms with Crippen molar-refractivity contribution in [2.75, 3.05) is 32.1 Å². The summed E-state index contributed by atoms with van der Waals surface area (Å²) in [5.41, 5.74) is 0.623. The van der Waals surface area contributed by atoms with Crippen molar-refractivity contribution in [1.82, 2.24) is 9.88 Å². The molecule has 0 spiro atoms. The lowest BCUT2D eigenvalue weighted by Crippen LogP contribution is -2.38. The monoisotopic (exact) mass is 281 g/mol. The standard InChI is InChI=1S/C14H20ClN3O/c1-10-4-6-18(7-5-10)14(19)11-8-12(15)16-13(9-11)17(2)3/h8-10H,4-7H2,1-3H3. The zero-order valence-electron chi connectivity index (χ0n) is 11.7. The van der Waals surface area contributed by atoms with Crippen LogP contribution in [0.2, 0.25) is 5.15 Å².